The summed E-state index contributed by atoms with van der Waals surface area (Å²) in [6.07, 6.45) is 0. The number of hydrogen-bond acceptors (Lipinski definition) is 5. The molecule has 1 aromatic heterocycles. The second-order valence-corrected chi connectivity index (χ2v) is 6.56. The molecule has 19 heavy (non-hydrogen) atoms. The summed E-state index contributed by atoms with van der Waals surface area (Å²) in [7, 11) is -3.54. The molecule has 0 aliphatic carbocycles. The molecule has 0 fully saturated rings. The Morgan fingerprint density at radius 2 is 2.21 bits per heavy atom. The number of nitrogens with two attached hydrogens (primary N) is 1. The van der Waals surface area contributed by atoms with Crippen molar-refractivity contribution < 1.29 is 8.42 Å². The smallest absolute Gasteiger partial charge is 0.241 e. The van der Waals surface area contributed by atoms with Gasteiger partial charge in [-0.05, 0) is 24.1 Å². The van der Waals surface area contributed by atoms with Gasteiger partial charge < -0.3 is 5.73 Å². The van der Waals surface area contributed by atoms with Gasteiger partial charge in [-0.15, -0.1) is 11.3 Å². The number of aryl methyl sites for hydroxylation is 1. The van der Waals surface area contributed by atoms with Gasteiger partial charge in [-0.2, -0.15) is 0 Å². The van der Waals surface area contributed by atoms with Crippen LogP contribution in [0, 0.1) is 6.92 Å². The molecule has 0 aliphatic heterocycles. The van der Waals surface area contributed by atoms with Crippen LogP contribution >= 0.6 is 11.3 Å². The third-order valence-corrected chi connectivity index (χ3v) is 4.88. The second-order valence-electron chi connectivity index (χ2n) is 4.11. The highest BCUT2D eigenvalue weighted by Crippen LogP contribution is 2.17. The number of thiazole rings is 1. The van der Waals surface area contributed by atoms with E-state index in [9.17, 15) is 8.42 Å². The zero-order valence-electron chi connectivity index (χ0n) is 10.5. The molecule has 0 saturated carbocycles. The Balaban J connectivity index is 2.23. The van der Waals surface area contributed by atoms with Gasteiger partial charge >= 0.3 is 0 Å². The van der Waals surface area contributed by atoms with Crippen LogP contribution < -0.4 is 10.5 Å². The predicted octanol–water partition coefficient (Wildman–Crippen LogP) is 1.39. The highest BCUT2D eigenvalue weighted by atomic mass is 32.2. The van der Waals surface area contributed by atoms with E-state index >= 15 is 0 Å². The summed E-state index contributed by atoms with van der Waals surface area (Å²) in [5, 5.41) is 1.81. The minimum atomic E-state index is -3.54. The minimum Gasteiger partial charge on any atom is -0.326 e. The SMILES string of the molecule is Cc1ccc(CN)cc1S(=O)(=O)NCc1cscn1. The summed E-state index contributed by atoms with van der Waals surface area (Å²) in [6, 6.07) is 5.20. The molecule has 0 amide bonds. The Morgan fingerprint density at radius 1 is 1.42 bits per heavy atom. The van der Waals surface area contributed by atoms with E-state index in [1.54, 1.807) is 24.6 Å². The average Bonchev–Trinajstić information content (AvgIpc) is 2.90. The van der Waals surface area contributed by atoms with Crippen molar-refractivity contribution in [1.82, 2.24) is 9.71 Å². The van der Waals surface area contributed by atoms with Crippen molar-refractivity contribution in [1.29, 1.82) is 0 Å². The molecule has 0 atom stereocenters. The van der Waals surface area contributed by atoms with E-state index in [2.05, 4.69) is 9.71 Å². The Bertz CT molecular complexity index is 652. The van der Waals surface area contributed by atoms with Gasteiger partial charge in [-0.3, -0.25) is 0 Å². The van der Waals surface area contributed by atoms with Crippen molar-refractivity contribution in [2.75, 3.05) is 0 Å². The summed E-state index contributed by atoms with van der Waals surface area (Å²) in [4.78, 5) is 4.31. The molecule has 0 unspecified atom stereocenters. The third-order valence-electron chi connectivity index (χ3n) is 2.70. The minimum absolute atomic E-state index is 0.193. The molecule has 102 valence electrons. The summed E-state index contributed by atoms with van der Waals surface area (Å²) < 4.78 is 27.0. The zero-order chi connectivity index (χ0) is 13.9. The molecule has 2 aromatic rings. The summed E-state index contributed by atoms with van der Waals surface area (Å²) in [6.45, 7) is 2.27. The normalized spacial score (nSPS) is 11.7. The van der Waals surface area contributed by atoms with Crippen molar-refractivity contribution >= 4 is 21.4 Å². The van der Waals surface area contributed by atoms with Crippen LogP contribution in [0.3, 0.4) is 0 Å². The first-order chi connectivity index (χ1) is 9.03. The van der Waals surface area contributed by atoms with Crippen LogP contribution in [0.4, 0.5) is 0 Å². The van der Waals surface area contributed by atoms with E-state index < -0.39 is 10.0 Å². The molecule has 7 heteroatoms. The first kappa shape index (κ1) is 14.1. The molecule has 2 rings (SSSR count). The van der Waals surface area contributed by atoms with Crippen LogP contribution in [0.15, 0.2) is 34.0 Å². The quantitative estimate of drug-likeness (QED) is 0.873. The maximum absolute atomic E-state index is 12.2. The van der Waals surface area contributed by atoms with Crippen LogP contribution in [0.1, 0.15) is 16.8 Å². The highest BCUT2D eigenvalue weighted by Gasteiger charge is 2.17. The number of hydrogen-bond donors (Lipinski definition) is 2. The number of sulfonamides is 1. The molecule has 1 heterocycles. The van der Waals surface area contributed by atoms with Crippen LogP contribution in [0.5, 0.6) is 0 Å². The van der Waals surface area contributed by atoms with Gasteiger partial charge in [0, 0.05) is 11.9 Å². The number of nitrogens with zero attached hydrogens (tertiary/aromatic N) is 1. The van der Waals surface area contributed by atoms with Crippen LogP contribution in [-0.4, -0.2) is 13.4 Å². The van der Waals surface area contributed by atoms with Crippen molar-refractivity contribution in [3.8, 4) is 0 Å². The van der Waals surface area contributed by atoms with Crippen molar-refractivity contribution in [2.24, 2.45) is 5.73 Å². The number of rotatable bonds is 5. The first-order valence-corrected chi connectivity index (χ1v) is 8.12. The van der Waals surface area contributed by atoms with Crippen LogP contribution in [0.2, 0.25) is 0 Å². The van der Waals surface area contributed by atoms with Crippen LogP contribution in [0.25, 0.3) is 0 Å². The van der Waals surface area contributed by atoms with Gasteiger partial charge in [0.25, 0.3) is 0 Å². The molecule has 0 aliphatic rings. The summed E-state index contributed by atoms with van der Waals surface area (Å²) in [5.74, 6) is 0. The molecule has 0 radical (unpaired) electrons. The van der Waals surface area contributed by atoms with Gasteiger partial charge in [-0.1, -0.05) is 12.1 Å². The molecule has 0 saturated heterocycles. The van der Waals surface area contributed by atoms with E-state index in [0.717, 1.165) is 5.56 Å². The molecule has 0 spiro atoms. The van der Waals surface area contributed by atoms with Crippen molar-refractivity contribution in [3.05, 3.63) is 45.9 Å². The molecule has 5 nitrogen and oxygen atoms in total. The predicted molar refractivity (Wildman–Crippen MR) is 75.2 cm³/mol. The summed E-state index contributed by atoms with van der Waals surface area (Å²) >= 11 is 1.43. The lowest BCUT2D eigenvalue weighted by Crippen LogP contribution is -2.24. The van der Waals surface area contributed by atoms with Gasteiger partial charge in [0.2, 0.25) is 10.0 Å². The molecule has 3 N–H and O–H groups in total. The monoisotopic (exact) mass is 297 g/mol. The van der Waals surface area contributed by atoms with E-state index in [4.69, 9.17) is 5.73 Å². The largest absolute Gasteiger partial charge is 0.326 e. The van der Waals surface area contributed by atoms with Crippen molar-refractivity contribution in [2.45, 2.75) is 24.9 Å². The Kier molecular flexibility index (Phi) is 4.31. The summed E-state index contributed by atoms with van der Waals surface area (Å²) in [5.41, 5.74) is 9.41. The number of aromatic nitrogens is 1. The highest BCUT2D eigenvalue weighted by molar-refractivity contribution is 7.89. The van der Waals surface area contributed by atoms with Gasteiger partial charge in [0.1, 0.15) is 0 Å². The second kappa shape index (κ2) is 5.79. The maximum atomic E-state index is 12.2. The first-order valence-electron chi connectivity index (χ1n) is 5.69. The van der Waals surface area contributed by atoms with Crippen LogP contribution in [-0.2, 0) is 23.1 Å². The fourth-order valence-electron chi connectivity index (χ4n) is 1.63. The fraction of sp³-hybridized carbons (Fsp3) is 0.250. The third kappa shape index (κ3) is 3.38. The van der Waals surface area contributed by atoms with Gasteiger partial charge in [0.05, 0.1) is 22.6 Å². The molecule has 0 bridgehead atoms. The fourth-order valence-corrected chi connectivity index (χ4v) is 3.48. The topological polar surface area (TPSA) is 85.1 Å². The number of benzene rings is 1. The van der Waals surface area contributed by atoms with Gasteiger partial charge in [-0.25, -0.2) is 18.1 Å². The average molecular weight is 297 g/mol. The molecule has 1 aromatic carbocycles. The van der Waals surface area contributed by atoms with E-state index in [1.165, 1.54) is 11.3 Å². The van der Waals surface area contributed by atoms with Gasteiger partial charge in [0.15, 0.2) is 0 Å². The lowest BCUT2D eigenvalue weighted by molar-refractivity contribution is 0.580. The van der Waals surface area contributed by atoms with Crippen molar-refractivity contribution in [3.63, 3.8) is 0 Å². The number of nitrogens with one attached hydrogen (secondary N) is 1. The van der Waals surface area contributed by atoms with E-state index in [-0.39, 0.29) is 11.4 Å². The lowest BCUT2D eigenvalue weighted by Gasteiger charge is -2.10. The zero-order valence-corrected chi connectivity index (χ0v) is 12.1. The standard InChI is InChI=1S/C12H15N3O2S2/c1-9-2-3-10(5-13)4-12(9)19(16,17)15-6-11-7-18-8-14-11/h2-4,7-8,15H,5-6,13H2,1H3. The Morgan fingerprint density at radius 3 is 2.84 bits per heavy atom. The maximum Gasteiger partial charge on any atom is 0.241 e. The van der Waals surface area contributed by atoms with E-state index in [1.807, 2.05) is 11.4 Å². The molecular formula is C12H15N3O2S2. The Labute approximate surface area is 116 Å². The lowest BCUT2D eigenvalue weighted by atomic mass is 10.1. The molecular weight excluding hydrogens is 282 g/mol. The van der Waals surface area contributed by atoms with E-state index in [0.29, 0.717) is 17.8 Å². The Hall–Kier alpha value is -1.28.